The molecule has 2 nitrogen and oxygen atoms in total. The van der Waals surface area contributed by atoms with Crippen LogP contribution in [0.15, 0.2) is 10.5 Å². The highest BCUT2D eigenvalue weighted by Gasteiger charge is 2.22. The van der Waals surface area contributed by atoms with Crippen LogP contribution in [-0.4, -0.2) is 13.1 Å². The Kier molecular flexibility index (Phi) is 3.44. The predicted molar refractivity (Wildman–Crippen MR) is 50.4 cm³/mol. The van der Waals surface area contributed by atoms with Gasteiger partial charge in [0.1, 0.15) is 5.56 Å². The van der Waals surface area contributed by atoms with Crippen LogP contribution >= 0.6 is 27.5 Å². The molecule has 0 atom stereocenters. The molecule has 0 bridgehead atoms. The second-order valence-electron chi connectivity index (χ2n) is 2.33. The molecule has 0 aliphatic rings. The normalized spacial score (nSPS) is 10.1. The minimum atomic E-state index is -1.32. The van der Waals surface area contributed by atoms with Crippen molar-refractivity contribution >= 4 is 33.5 Å². The number of ether oxygens (including phenoxy) is 1. The van der Waals surface area contributed by atoms with Crippen LogP contribution in [0.4, 0.5) is 8.78 Å². The maximum Gasteiger partial charge on any atom is 0.342 e. The van der Waals surface area contributed by atoms with Crippen molar-refractivity contribution in [3.8, 4) is 0 Å². The van der Waals surface area contributed by atoms with Gasteiger partial charge < -0.3 is 4.74 Å². The van der Waals surface area contributed by atoms with Gasteiger partial charge in [-0.2, -0.15) is 0 Å². The topological polar surface area (TPSA) is 26.3 Å². The molecule has 1 aromatic carbocycles. The summed E-state index contributed by atoms with van der Waals surface area (Å²) in [5.41, 5.74) is -0.505. The van der Waals surface area contributed by atoms with Gasteiger partial charge in [-0.25, -0.2) is 13.6 Å². The number of methoxy groups -OCH3 is 1. The molecule has 0 spiro atoms. The van der Waals surface area contributed by atoms with Gasteiger partial charge in [-0.3, -0.25) is 0 Å². The molecule has 0 heterocycles. The van der Waals surface area contributed by atoms with E-state index in [-0.39, 0.29) is 4.47 Å². The van der Waals surface area contributed by atoms with Gasteiger partial charge in [0.2, 0.25) is 0 Å². The monoisotopic (exact) mass is 284 g/mol. The van der Waals surface area contributed by atoms with Gasteiger partial charge in [-0.15, -0.1) is 0 Å². The summed E-state index contributed by atoms with van der Waals surface area (Å²) in [5, 5.41) is -0.401. The van der Waals surface area contributed by atoms with Crippen LogP contribution in [0.2, 0.25) is 5.02 Å². The lowest BCUT2D eigenvalue weighted by Crippen LogP contribution is -2.07. The molecule has 0 aliphatic carbocycles. The SMILES string of the molecule is COC(=O)c1c(Br)cc(Cl)c(F)c1F. The van der Waals surface area contributed by atoms with Gasteiger partial charge in [0.05, 0.1) is 12.1 Å². The van der Waals surface area contributed by atoms with E-state index in [0.717, 1.165) is 13.2 Å². The van der Waals surface area contributed by atoms with Crippen LogP contribution in [0.1, 0.15) is 10.4 Å². The van der Waals surface area contributed by atoms with Crippen LogP contribution in [0.5, 0.6) is 0 Å². The highest BCUT2D eigenvalue weighted by atomic mass is 79.9. The van der Waals surface area contributed by atoms with Crippen molar-refractivity contribution in [3.05, 3.63) is 32.8 Å². The standard InChI is InChI=1S/C8H4BrClF2O2/c1-14-8(13)5-3(9)2-4(10)6(11)7(5)12/h2H,1H3. The Morgan fingerprint density at radius 2 is 2.07 bits per heavy atom. The van der Waals surface area contributed by atoms with Crippen molar-refractivity contribution in [1.82, 2.24) is 0 Å². The van der Waals surface area contributed by atoms with Crippen molar-refractivity contribution in [2.24, 2.45) is 0 Å². The number of rotatable bonds is 1. The van der Waals surface area contributed by atoms with E-state index in [1.54, 1.807) is 0 Å². The van der Waals surface area contributed by atoms with Gasteiger partial charge in [0.25, 0.3) is 0 Å². The third-order valence-electron chi connectivity index (χ3n) is 1.50. The average molecular weight is 285 g/mol. The first kappa shape index (κ1) is 11.4. The second-order valence-corrected chi connectivity index (χ2v) is 3.60. The van der Waals surface area contributed by atoms with E-state index < -0.39 is 28.2 Å². The number of benzene rings is 1. The average Bonchev–Trinajstić information content (AvgIpc) is 2.14. The molecule has 0 aliphatic heterocycles. The maximum absolute atomic E-state index is 13.2. The first-order valence-corrected chi connectivity index (χ1v) is 4.57. The molecule has 0 fully saturated rings. The zero-order valence-electron chi connectivity index (χ0n) is 6.91. The van der Waals surface area contributed by atoms with Gasteiger partial charge in [-0.05, 0) is 22.0 Å². The van der Waals surface area contributed by atoms with Gasteiger partial charge in [-0.1, -0.05) is 11.6 Å². The fourth-order valence-corrected chi connectivity index (χ4v) is 1.74. The van der Waals surface area contributed by atoms with E-state index in [1.807, 2.05) is 0 Å². The summed E-state index contributed by atoms with van der Waals surface area (Å²) in [5.74, 6) is -3.56. The number of hydrogen-bond donors (Lipinski definition) is 0. The van der Waals surface area contributed by atoms with Crippen LogP contribution in [0, 0.1) is 11.6 Å². The molecule has 0 saturated carbocycles. The molecule has 0 aromatic heterocycles. The molecular formula is C8H4BrClF2O2. The van der Waals surface area contributed by atoms with E-state index in [4.69, 9.17) is 11.6 Å². The van der Waals surface area contributed by atoms with Crippen molar-refractivity contribution in [2.75, 3.05) is 7.11 Å². The minimum absolute atomic E-state index is 0.0493. The lowest BCUT2D eigenvalue weighted by Gasteiger charge is -2.05. The molecule has 1 aromatic rings. The summed E-state index contributed by atoms with van der Waals surface area (Å²) in [6, 6.07) is 1.09. The van der Waals surface area contributed by atoms with Crippen molar-refractivity contribution in [2.45, 2.75) is 0 Å². The lowest BCUT2D eigenvalue weighted by atomic mass is 10.2. The number of halogens is 4. The third kappa shape index (κ3) is 1.88. The van der Waals surface area contributed by atoms with E-state index >= 15 is 0 Å². The second kappa shape index (κ2) is 4.23. The molecule has 0 N–H and O–H groups in total. The molecule has 0 unspecified atom stereocenters. The highest BCUT2D eigenvalue weighted by Crippen LogP contribution is 2.28. The van der Waals surface area contributed by atoms with E-state index in [1.165, 1.54) is 0 Å². The number of carbonyl (C=O) groups excluding carboxylic acids is 1. The Hall–Kier alpha value is -0.680. The Balaban J connectivity index is 3.44. The molecule has 0 amide bonds. The zero-order chi connectivity index (χ0) is 10.9. The smallest absolute Gasteiger partial charge is 0.342 e. The van der Waals surface area contributed by atoms with Crippen molar-refractivity contribution in [3.63, 3.8) is 0 Å². The number of hydrogen-bond acceptors (Lipinski definition) is 2. The Morgan fingerprint density at radius 3 is 2.57 bits per heavy atom. The first-order chi connectivity index (χ1) is 6.49. The summed E-state index contributed by atoms with van der Waals surface area (Å²) < 4.78 is 30.4. The molecule has 6 heteroatoms. The minimum Gasteiger partial charge on any atom is -0.465 e. The summed E-state index contributed by atoms with van der Waals surface area (Å²) in [6.45, 7) is 0. The summed E-state index contributed by atoms with van der Waals surface area (Å²) in [6.07, 6.45) is 0. The molecule has 76 valence electrons. The van der Waals surface area contributed by atoms with Crippen molar-refractivity contribution < 1.29 is 18.3 Å². The molecule has 0 saturated heterocycles. The predicted octanol–water partition coefficient (Wildman–Crippen LogP) is 3.17. The molecule has 1 rings (SSSR count). The Bertz CT molecular complexity index is 395. The molecule has 0 radical (unpaired) electrons. The van der Waals surface area contributed by atoms with Gasteiger partial charge in [0.15, 0.2) is 11.6 Å². The largest absolute Gasteiger partial charge is 0.465 e. The van der Waals surface area contributed by atoms with Crippen molar-refractivity contribution in [1.29, 1.82) is 0 Å². The maximum atomic E-state index is 13.2. The van der Waals surface area contributed by atoms with E-state index in [2.05, 4.69) is 20.7 Å². The summed E-state index contributed by atoms with van der Waals surface area (Å²) >= 11 is 8.22. The fraction of sp³-hybridized carbons (Fsp3) is 0.125. The van der Waals surface area contributed by atoms with Gasteiger partial charge >= 0.3 is 5.97 Å². The summed E-state index contributed by atoms with van der Waals surface area (Å²) in [4.78, 5) is 11.0. The molecule has 14 heavy (non-hydrogen) atoms. The first-order valence-electron chi connectivity index (χ1n) is 3.40. The van der Waals surface area contributed by atoms with Crippen LogP contribution in [-0.2, 0) is 4.74 Å². The zero-order valence-corrected chi connectivity index (χ0v) is 9.25. The van der Waals surface area contributed by atoms with Crippen LogP contribution in [0.3, 0.4) is 0 Å². The van der Waals surface area contributed by atoms with E-state index in [9.17, 15) is 13.6 Å². The Morgan fingerprint density at radius 1 is 1.50 bits per heavy atom. The fourth-order valence-electron chi connectivity index (χ4n) is 0.855. The van der Waals surface area contributed by atoms with Crippen LogP contribution in [0.25, 0.3) is 0 Å². The molecular weight excluding hydrogens is 281 g/mol. The quantitative estimate of drug-likeness (QED) is 0.450. The van der Waals surface area contributed by atoms with Gasteiger partial charge in [0, 0.05) is 4.47 Å². The lowest BCUT2D eigenvalue weighted by molar-refractivity contribution is 0.0593. The number of esters is 1. The Labute approximate surface area is 91.9 Å². The number of carbonyl (C=O) groups is 1. The van der Waals surface area contributed by atoms with Crippen LogP contribution < -0.4 is 0 Å². The van der Waals surface area contributed by atoms with E-state index in [0.29, 0.717) is 0 Å². The highest BCUT2D eigenvalue weighted by molar-refractivity contribution is 9.10. The third-order valence-corrected chi connectivity index (χ3v) is 2.40. The summed E-state index contributed by atoms with van der Waals surface area (Å²) in [7, 11) is 1.07.